The van der Waals surface area contributed by atoms with Gasteiger partial charge in [-0.1, -0.05) is 29.4 Å². The van der Waals surface area contributed by atoms with Gasteiger partial charge in [0.15, 0.2) is 5.96 Å². The minimum Gasteiger partial charge on any atom is -0.357 e. The van der Waals surface area contributed by atoms with Gasteiger partial charge in [0.05, 0.1) is 6.54 Å². The van der Waals surface area contributed by atoms with Gasteiger partial charge in [0, 0.05) is 36.2 Å². The molecule has 0 aromatic heterocycles. The number of rotatable bonds is 5. The molecule has 116 valence electrons. The summed E-state index contributed by atoms with van der Waals surface area (Å²) in [5.74, 6) is 1.58. The zero-order valence-corrected chi connectivity index (χ0v) is 16.3. The smallest absolute Gasteiger partial charge is 0.191 e. The van der Waals surface area contributed by atoms with Crippen LogP contribution in [0.5, 0.6) is 0 Å². The lowest BCUT2D eigenvalue weighted by Crippen LogP contribution is -2.46. The van der Waals surface area contributed by atoms with Crippen molar-refractivity contribution in [3.05, 3.63) is 11.1 Å². The molecule has 2 rings (SSSR count). The first-order valence-electron chi connectivity index (χ1n) is 7.22. The van der Waals surface area contributed by atoms with Gasteiger partial charge < -0.3 is 10.6 Å². The molecule has 2 unspecified atom stereocenters. The summed E-state index contributed by atoms with van der Waals surface area (Å²) < 4.78 is 0.906. The molecular formula is C14H26BrIN4. The SMILES string of the molecule is C=C(Br)CN=C(NCC)NC1CN(C2CC2)CC1C.I. The summed E-state index contributed by atoms with van der Waals surface area (Å²) in [5, 5.41) is 6.87. The Morgan fingerprint density at radius 3 is 2.65 bits per heavy atom. The first kappa shape index (κ1) is 18.2. The van der Waals surface area contributed by atoms with Gasteiger partial charge in [-0.3, -0.25) is 4.90 Å². The van der Waals surface area contributed by atoms with Crippen LogP contribution >= 0.6 is 39.9 Å². The zero-order valence-electron chi connectivity index (χ0n) is 12.4. The molecule has 1 saturated heterocycles. The van der Waals surface area contributed by atoms with E-state index in [1.165, 1.54) is 19.4 Å². The van der Waals surface area contributed by atoms with Crippen LogP contribution in [-0.4, -0.2) is 49.1 Å². The molecule has 2 aliphatic rings. The lowest BCUT2D eigenvalue weighted by molar-refractivity contribution is 0.315. The van der Waals surface area contributed by atoms with Crippen molar-refractivity contribution in [3.63, 3.8) is 0 Å². The number of likely N-dealkylation sites (tertiary alicyclic amines) is 1. The number of aliphatic imine (C=N–C) groups is 1. The standard InChI is InChI=1S/C14H25BrN4.HI/c1-4-16-14(17-7-11(3)15)18-13-9-19(8-10(13)2)12-5-6-12;/h10,12-13H,3-9H2,1-2H3,(H2,16,17,18);1H. The van der Waals surface area contributed by atoms with Crippen molar-refractivity contribution in [3.8, 4) is 0 Å². The predicted octanol–water partition coefficient (Wildman–Crippen LogP) is 2.55. The van der Waals surface area contributed by atoms with Crippen molar-refractivity contribution < 1.29 is 0 Å². The highest BCUT2D eigenvalue weighted by Gasteiger charge is 2.38. The van der Waals surface area contributed by atoms with Crippen molar-refractivity contribution in [1.29, 1.82) is 0 Å². The Morgan fingerprint density at radius 1 is 1.40 bits per heavy atom. The van der Waals surface area contributed by atoms with Gasteiger partial charge in [-0.25, -0.2) is 4.99 Å². The van der Waals surface area contributed by atoms with E-state index in [0.29, 0.717) is 18.5 Å². The molecule has 1 aliphatic carbocycles. The minimum absolute atomic E-state index is 0. The third kappa shape index (κ3) is 5.52. The molecule has 0 amide bonds. The molecule has 1 heterocycles. The first-order chi connectivity index (χ1) is 9.10. The molecule has 0 aromatic carbocycles. The average Bonchev–Trinajstić information content (AvgIpc) is 3.13. The summed E-state index contributed by atoms with van der Waals surface area (Å²) in [7, 11) is 0. The molecule has 0 spiro atoms. The van der Waals surface area contributed by atoms with Gasteiger partial charge >= 0.3 is 0 Å². The Labute approximate surface area is 148 Å². The number of halogens is 2. The summed E-state index contributed by atoms with van der Waals surface area (Å²) in [6.45, 7) is 12.1. The number of nitrogens with one attached hydrogen (secondary N) is 2. The molecular weight excluding hydrogens is 431 g/mol. The second-order valence-corrected chi connectivity index (χ2v) is 6.75. The van der Waals surface area contributed by atoms with Gasteiger partial charge in [0.1, 0.15) is 0 Å². The second-order valence-electron chi connectivity index (χ2n) is 5.63. The van der Waals surface area contributed by atoms with Crippen LogP contribution in [0.3, 0.4) is 0 Å². The van der Waals surface area contributed by atoms with E-state index in [2.05, 4.69) is 56.9 Å². The number of nitrogens with zero attached hydrogens (tertiary/aromatic N) is 2. The quantitative estimate of drug-likeness (QED) is 0.379. The summed E-state index contributed by atoms with van der Waals surface area (Å²) in [4.78, 5) is 7.15. The highest BCUT2D eigenvalue weighted by molar-refractivity contribution is 14.0. The van der Waals surface area contributed by atoms with Crippen LogP contribution in [0.15, 0.2) is 16.1 Å². The van der Waals surface area contributed by atoms with Gasteiger partial charge in [0.2, 0.25) is 0 Å². The van der Waals surface area contributed by atoms with E-state index in [-0.39, 0.29) is 24.0 Å². The summed E-state index contributed by atoms with van der Waals surface area (Å²) >= 11 is 3.35. The van der Waals surface area contributed by atoms with Crippen LogP contribution in [0.1, 0.15) is 26.7 Å². The third-order valence-corrected chi connectivity index (χ3v) is 4.03. The van der Waals surface area contributed by atoms with E-state index in [9.17, 15) is 0 Å². The van der Waals surface area contributed by atoms with Crippen LogP contribution < -0.4 is 10.6 Å². The van der Waals surface area contributed by atoms with Crippen molar-refractivity contribution in [2.75, 3.05) is 26.2 Å². The highest BCUT2D eigenvalue weighted by Crippen LogP contribution is 2.31. The predicted molar refractivity (Wildman–Crippen MR) is 100 cm³/mol. The lowest BCUT2D eigenvalue weighted by atomic mass is 10.1. The van der Waals surface area contributed by atoms with E-state index >= 15 is 0 Å². The molecule has 0 aromatic rings. The van der Waals surface area contributed by atoms with Gasteiger partial charge in [-0.05, 0) is 25.7 Å². The number of hydrogen-bond donors (Lipinski definition) is 2. The molecule has 0 bridgehead atoms. The van der Waals surface area contributed by atoms with Gasteiger partial charge in [0.25, 0.3) is 0 Å². The van der Waals surface area contributed by atoms with Crippen molar-refractivity contribution >= 4 is 45.9 Å². The maximum absolute atomic E-state index is 4.53. The van der Waals surface area contributed by atoms with E-state index in [1.54, 1.807) is 0 Å². The van der Waals surface area contributed by atoms with Crippen molar-refractivity contribution in [1.82, 2.24) is 15.5 Å². The fourth-order valence-corrected chi connectivity index (χ4v) is 2.72. The Morgan fingerprint density at radius 2 is 2.10 bits per heavy atom. The lowest BCUT2D eigenvalue weighted by Gasteiger charge is -2.20. The van der Waals surface area contributed by atoms with Gasteiger partial charge in [-0.15, -0.1) is 24.0 Å². The van der Waals surface area contributed by atoms with Crippen LogP contribution in [0.4, 0.5) is 0 Å². The van der Waals surface area contributed by atoms with E-state index in [0.717, 1.165) is 29.6 Å². The van der Waals surface area contributed by atoms with Crippen LogP contribution in [0, 0.1) is 5.92 Å². The summed E-state index contributed by atoms with van der Waals surface area (Å²) in [6, 6.07) is 1.36. The molecule has 0 radical (unpaired) electrons. The van der Waals surface area contributed by atoms with E-state index in [1.807, 2.05) is 0 Å². The van der Waals surface area contributed by atoms with Crippen LogP contribution in [0.25, 0.3) is 0 Å². The Bertz CT molecular complexity index is 357. The molecule has 1 saturated carbocycles. The molecule has 2 atom stereocenters. The monoisotopic (exact) mass is 456 g/mol. The number of hydrogen-bond acceptors (Lipinski definition) is 2. The minimum atomic E-state index is 0. The maximum Gasteiger partial charge on any atom is 0.191 e. The van der Waals surface area contributed by atoms with E-state index in [4.69, 9.17) is 0 Å². The molecule has 2 fully saturated rings. The van der Waals surface area contributed by atoms with Gasteiger partial charge in [-0.2, -0.15) is 0 Å². The first-order valence-corrected chi connectivity index (χ1v) is 8.01. The summed E-state index contributed by atoms with van der Waals surface area (Å²) in [6.07, 6.45) is 2.77. The topological polar surface area (TPSA) is 39.7 Å². The molecule has 6 heteroatoms. The molecule has 4 nitrogen and oxygen atoms in total. The fraction of sp³-hybridized carbons (Fsp3) is 0.786. The third-order valence-electron chi connectivity index (χ3n) is 3.78. The normalized spacial score (nSPS) is 27.1. The zero-order chi connectivity index (χ0) is 13.8. The van der Waals surface area contributed by atoms with E-state index < -0.39 is 0 Å². The second kappa shape index (κ2) is 8.58. The van der Waals surface area contributed by atoms with Crippen LogP contribution in [0.2, 0.25) is 0 Å². The fourth-order valence-electron chi connectivity index (χ4n) is 2.59. The van der Waals surface area contributed by atoms with Crippen LogP contribution in [-0.2, 0) is 0 Å². The van der Waals surface area contributed by atoms with Crippen molar-refractivity contribution in [2.45, 2.75) is 38.8 Å². The summed E-state index contributed by atoms with van der Waals surface area (Å²) in [5.41, 5.74) is 0. The number of guanidine groups is 1. The highest BCUT2D eigenvalue weighted by atomic mass is 127. The Balaban J connectivity index is 0.00000200. The molecule has 2 N–H and O–H groups in total. The largest absolute Gasteiger partial charge is 0.357 e. The Kier molecular flexibility index (Phi) is 7.82. The Hall–Kier alpha value is 0.180. The molecule has 1 aliphatic heterocycles. The van der Waals surface area contributed by atoms with Crippen molar-refractivity contribution in [2.24, 2.45) is 10.9 Å². The molecule has 20 heavy (non-hydrogen) atoms. The maximum atomic E-state index is 4.53. The average molecular weight is 457 g/mol.